The molecule has 1 aromatic heterocycles. The Labute approximate surface area is 158 Å². The second-order valence-corrected chi connectivity index (χ2v) is 6.23. The number of hydrogen-bond acceptors (Lipinski definition) is 2. The van der Waals surface area contributed by atoms with Crippen molar-refractivity contribution in [3.8, 4) is 0 Å². The van der Waals surface area contributed by atoms with E-state index in [2.05, 4.69) is 10.3 Å². The smallest absolute Gasteiger partial charge is 0.267 e. The van der Waals surface area contributed by atoms with Crippen LogP contribution in [0.2, 0.25) is 0 Å². The number of hydrogen-bond donors (Lipinski definition) is 1. The Morgan fingerprint density at radius 3 is 2.52 bits per heavy atom. The molecule has 1 N–H and O–H groups in total. The number of nitrogens with one attached hydrogen (secondary N) is 1. The predicted octanol–water partition coefficient (Wildman–Crippen LogP) is 2.70. The molecule has 0 bridgehead atoms. The van der Waals surface area contributed by atoms with Crippen LogP contribution in [-0.4, -0.2) is 22.9 Å². The summed E-state index contributed by atoms with van der Waals surface area (Å²) < 4.78 is 1.90. The molecule has 0 aliphatic rings. The minimum absolute atomic E-state index is 0.146. The van der Waals surface area contributed by atoms with Crippen LogP contribution in [0, 0.1) is 6.92 Å². The summed E-state index contributed by atoms with van der Waals surface area (Å²) in [4.78, 5) is 28.5. The Balaban J connectivity index is 1.69. The highest BCUT2D eigenvalue weighted by atomic mass is 16.2. The van der Waals surface area contributed by atoms with Gasteiger partial charge in [-0.1, -0.05) is 54.1 Å². The second-order valence-electron chi connectivity index (χ2n) is 6.23. The average molecular weight is 359 g/mol. The number of carbonyl (C=O) groups is 2. The molecule has 3 aromatic rings. The third kappa shape index (κ3) is 5.25. The van der Waals surface area contributed by atoms with Crippen LogP contribution in [-0.2, 0) is 11.3 Å². The van der Waals surface area contributed by atoms with Gasteiger partial charge in [-0.3, -0.25) is 9.59 Å². The van der Waals surface area contributed by atoms with Crippen LogP contribution >= 0.6 is 0 Å². The third-order valence-electron chi connectivity index (χ3n) is 4.03. The van der Waals surface area contributed by atoms with Gasteiger partial charge in [0.25, 0.3) is 11.8 Å². The maximum atomic E-state index is 12.2. The normalized spacial score (nSPS) is 11.2. The van der Waals surface area contributed by atoms with E-state index in [4.69, 9.17) is 0 Å². The van der Waals surface area contributed by atoms with Gasteiger partial charge in [0.15, 0.2) is 0 Å². The minimum Gasteiger partial charge on any atom is -0.343 e. The van der Waals surface area contributed by atoms with Gasteiger partial charge in [-0.05, 0) is 36.8 Å². The summed E-state index contributed by atoms with van der Waals surface area (Å²) in [6.07, 6.45) is 1.88. The molecule has 0 aliphatic heterocycles. The number of rotatable bonds is 5. The lowest BCUT2D eigenvalue weighted by atomic mass is 10.1. The molecule has 1 heterocycles. The van der Waals surface area contributed by atoms with Crippen LogP contribution in [0.15, 0.2) is 84.0 Å². The van der Waals surface area contributed by atoms with Crippen molar-refractivity contribution < 1.29 is 9.59 Å². The van der Waals surface area contributed by atoms with E-state index in [9.17, 15) is 9.59 Å². The Morgan fingerprint density at radius 1 is 0.963 bits per heavy atom. The molecule has 3 rings (SSSR count). The number of amides is 2. The first-order chi connectivity index (χ1) is 13.1. The summed E-state index contributed by atoms with van der Waals surface area (Å²) in [5, 5.41) is 2.62. The van der Waals surface area contributed by atoms with E-state index < -0.39 is 5.91 Å². The van der Waals surface area contributed by atoms with Crippen molar-refractivity contribution in [1.29, 1.82) is 0 Å². The van der Waals surface area contributed by atoms with E-state index in [0.29, 0.717) is 17.6 Å². The highest BCUT2D eigenvalue weighted by Crippen LogP contribution is 2.03. The van der Waals surface area contributed by atoms with E-state index in [1.54, 1.807) is 18.2 Å². The van der Waals surface area contributed by atoms with E-state index in [-0.39, 0.29) is 12.5 Å². The second kappa shape index (κ2) is 8.76. The fourth-order valence-electron chi connectivity index (χ4n) is 2.69. The fourth-order valence-corrected chi connectivity index (χ4v) is 2.69. The topological polar surface area (TPSA) is 63.5 Å². The van der Waals surface area contributed by atoms with Gasteiger partial charge < -0.3 is 9.88 Å². The van der Waals surface area contributed by atoms with Crippen LogP contribution in [0.25, 0.3) is 0 Å². The molecular formula is C22H21N3O2. The van der Waals surface area contributed by atoms with Crippen molar-refractivity contribution in [2.75, 3.05) is 6.54 Å². The number of carbonyl (C=O) groups excluding carboxylic acids is 2. The maximum absolute atomic E-state index is 12.2. The molecule has 0 fully saturated rings. The van der Waals surface area contributed by atoms with E-state index in [0.717, 1.165) is 11.1 Å². The first-order valence-electron chi connectivity index (χ1n) is 8.73. The molecule has 0 unspecified atom stereocenters. The van der Waals surface area contributed by atoms with Crippen LogP contribution in [0.4, 0.5) is 0 Å². The summed E-state index contributed by atoms with van der Waals surface area (Å²) >= 11 is 0. The Hall–Kier alpha value is -3.47. The van der Waals surface area contributed by atoms with Crippen molar-refractivity contribution in [3.63, 3.8) is 0 Å². The summed E-state index contributed by atoms with van der Waals surface area (Å²) in [6, 6.07) is 22.7. The Kier molecular flexibility index (Phi) is 5.94. The van der Waals surface area contributed by atoms with Gasteiger partial charge in [-0.25, -0.2) is 0 Å². The summed E-state index contributed by atoms with van der Waals surface area (Å²) in [5.74, 6) is -0.684. The van der Waals surface area contributed by atoms with Crippen LogP contribution in [0.5, 0.6) is 0 Å². The number of nitrogens with zero attached hydrogens (tertiary/aromatic N) is 2. The molecule has 2 aromatic carbocycles. The highest BCUT2D eigenvalue weighted by Gasteiger charge is 2.07. The van der Waals surface area contributed by atoms with Gasteiger partial charge >= 0.3 is 0 Å². The van der Waals surface area contributed by atoms with Gasteiger partial charge in [0.2, 0.25) is 0 Å². The van der Waals surface area contributed by atoms with Crippen LogP contribution in [0.1, 0.15) is 21.5 Å². The van der Waals surface area contributed by atoms with E-state index in [1.165, 1.54) is 0 Å². The number of aromatic nitrogens is 1. The molecule has 0 spiro atoms. The van der Waals surface area contributed by atoms with Gasteiger partial charge in [0, 0.05) is 18.3 Å². The van der Waals surface area contributed by atoms with E-state index in [1.807, 2.05) is 72.3 Å². The van der Waals surface area contributed by atoms with Gasteiger partial charge in [0.1, 0.15) is 5.49 Å². The molecule has 2 amide bonds. The van der Waals surface area contributed by atoms with Crippen LogP contribution < -0.4 is 10.8 Å². The maximum Gasteiger partial charge on any atom is 0.267 e. The lowest BCUT2D eigenvalue weighted by Crippen LogP contribution is -2.31. The standard InChI is InChI=1S/C22H21N3O2/c1-17-8-7-11-19(14-17)22(27)23-15-21(26)24-20-12-5-6-13-25(20)16-18-9-3-2-4-10-18/h2-14H,15-16H2,1H3,(H,23,27). The van der Waals surface area contributed by atoms with Crippen molar-refractivity contribution >= 4 is 11.8 Å². The van der Waals surface area contributed by atoms with Gasteiger partial charge in [-0.15, -0.1) is 0 Å². The Bertz CT molecular complexity index is 1010. The fraction of sp³-hybridized carbons (Fsp3) is 0.136. The summed E-state index contributed by atoms with van der Waals surface area (Å²) in [6.45, 7) is 2.38. The number of benzene rings is 2. The lowest BCUT2D eigenvalue weighted by molar-refractivity contribution is -0.117. The average Bonchev–Trinajstić information content (AvgIpc) is 2.68. The van der Waals surface area contributed by atoms with Crippen molar-refractivity contribution in [2.24, 2.45) is 4.99 Å². The van der Waals surface area contributed by atoms with E-state index >= 15 is 0 Å². The van der Waals surface area contributed by atoms with Gasteiger partial charge in [-0.2, -0.15) is 4.99 Å². The molecule has 0 saturated carbocycles. The molecule has 27 heavy (non-hydrogen) atoms. The molecule has 0 saturated heterocycles. The number of aryl methyl sites for hydroxylation is 1. The first kappa shape index (κ1) is 18.3. The molecule has 5 nitrogen and oxygen atoms in total. The summed E-state index contributed by atoms with van der Waals surface area (Å²) in [5.41, 5.74) is 3.19. The zero-order valence-corrected chi connectivity index (χ0v) is 15.1. The zero-order chi connectivity index (χ0) is 19.1. The van der Waals surface area contributed by atoms with Crippen LogP contribution in [0.3, 0.4) is 0 Å². The lowest BCUT2D eigenvalue weighted by Gasteiger charge is -2.07. The summed E-state index contributed by atoms with van der Waals surface area (Å²) in [7, 11) is 0. The third-order valence-corrected chi connectivity index (χ3v) is 4.03. The van der Waals surface area contributed by atoms with Crippen molar-refractivity contribution in [1.82, 2.24) is 9.88 Å². The minimum atomic E-state index is -0.399. The predicted molar refractivity (Wildman–Crippen MR) is 104 cm³/mol. The monoisotopic (exact) mass is 359 g/mol. The largest absolute Gasteiger partial charge is 0.343 e. The SMILES string of the molecule is Cc1cccc(C(=O)NCC(=O)N=c2ccccn2Cc2ccccc2)c1. The quantitative estimate of drug-likeness (QED) is 0.761. The van der Waals surface area contributed by atoms with Gasteiger partial charge in [0.05, 0.1) is 6.54 Å². The molecule has 5 heteroatoms. The number of pyridine rings is 1. The molecule has 0 radical (unpaired) electrons. The highest BCUT2D eigenvalue weighted by molar-refractivity contribution is 5.96. The van der Waals surface area contributed by atoms with Crippen molar-refractivity contribution in [3.05, 3.63) is 101 Å². The zero-order valence-electron chi connectivity index (χ0n) is 15.1. The van der Waals surface area contributed by atoms with Crippen molar-refractivity contribution in [2.45, 2.75) is 13.5 Å². The molecule has 0 aliphatic carbocycles. The Morgan fingerprint density at radius 2 is 1.74 bits per heavy atom. The molecule has 136 valence electrons. The molecular weight excluding hydrogens is 338 g/mol. The first-order valence-corrected chi connectivity index (χ1v) is 8.73. The molecule has 0 atom stereocenters.